The average Bonchev–Trinajstić information content (AvgIpc) is 2.49. The summed E-state index contributed by atoms with van der Waals surface area (Å²) >= 11 is 0. The van der Waals surface area contributed by atoms with Crippen LogP contribution in [0.5, 0.6) is 0 Å². The van der Waals surface area contributed by atoms with Gasteiger partial charge in [0.05, 0.1) is 23.7 Å². The van der Waals surface area contributed by atoms with Crippen LogP contribution in [0.1, 0.15) is 15.9 Å². The molecule has 0 aromatic heterocycles. The lowest BCUT2D eigenvalue weighted by Gasteiger charge is -2.11. The summed E-state index contributed by atoms with van der Waals surface area (Å²) in [6, 6.07) is 7.85. The first kappa shape index (κ1) is 16.2. The number of hydrogen-bond donors (Lipinski definition) is 1. The number of rotatable bonds is 5. The van der Waals surface area contributed by atoms with E-state index >= 15 is 0 Å². The number of esters is 1. The van der Waals surface area contributed by atoms with Gasteiger partial charge < -0.3 is 15.0 Å². The second kappa shape index (κ2) is 7.65. The Labute approximate surface area is 122 Å². The summed E-state index contributed by atoms with van der Waals surface area (Å²) in [6.45, 7) is -0.649. The molecule has 7 heteroatoms. The van der Waals surface area contributed by atoms with Gasteiger partial charge in [0.25, 0.3) is 5.91 Å². The maximum absolute atomic E-state index is 11.7. The molecule has 0 heterocycles. The summed E-state index contributed by atoms with van der Waals surface area (Å²) in [5, 5.41) is 11.1. The van der Waals surface area contributed by atoms with Crippen LogP contribution < -0.4 is 5.32 Å². The molecule has 0 atom stereocenters. The zero-order valence-corrected chi connectivity index (χ0v) is 11.8. The number of amides is 2. The van der Waals surface area contributed by atoms with Crippen LogP contribution in [0.4, 0.5) is 0 Å². The molecule has 0 saturated heterocycles. The second-order valence-corrected chi connectivity index (χ2v) is 4.33. The first-order chi connectivity index (χ1) is 9.93. The van der Waals surface area contributed by atoms with Crippen molar-refractivity contribution in [2.45, 2.75) is 0 Å². The zero-order chi connectivity index (χ0) is 15.8. The fourth-order valence-corrected chi connectivity index (χ4v) is 1.31. The molecule has 0 spiro atoms. The molecule has 110 valence electrons. The fourth-order valence-electron chi connectivity index (χ4n) is 1.31. The Bertz CT molecular complexity index is 590. The van der Waals surface area contributed by atoms with Gasteiger partial charge in [-0.15, -0.1) is 0 Å². The molecule has 0 fully saturated rings. The third kappa shape index (κ3) is 5.32. The molecule has 1 aromatic carbocycles. The van der Waals surface area contributed by atoms with Crippen molar-refractivity contribution >= 4 is 17.8 Å². The van der Waals surface area contributed by atoms with Gasteiger partial charge in [0.15, 0.2) is 6.61 Å². The molecule has 0 saturated carbocycles. The molecular weight excluding hydrogens is 274 g/mol. The van der Waals surface area contributed by atoms with Crippen LogP contribution in [0.15, 0.2) is 24.3 Å². The lowest BCUT2D eigenvalue weighted by molar-refractivity contribution is -0.131. The highest BCUT2D eigenvalue weighted by Gasteiger charge is 2.12. The Kier molecular flexibility index (Phi) is 5.89. The summed E-state index contributed by atoms with van der Waals surface area (Å²) in [6.07, 6.45) is 0. The average molecular weight is 289 g/mol. The molecule has 1 N–H and O–H groups in total. The van der Waals surface area contributed by atoms with E-state index in [0.29, 0.717) is 5.56 Å². The van der Waals surface area contributed by atoms with Gasteiger partial charge in [-0.3, -0.25) is 9.59 Å². The highest BCUT2D eigenvalue weighted by Crippen LogP contribution is 2.05. The van der Waals surface area contributed by atoms with Crippen LogP contribution in [0.25, 0.3) is 0 Å². The highest BCUT2D eigenvalue weighted by molar-refractivity contribution is 5.92. The smallest absolute Gasteiger partial charge is 0.338 e. The molecule has 1 rings (SSSR count). The third-order valence-electron chi connectivity index (χ3n) is 2.50. The predicted octanol–water partition coefficient (Wildman–Crippen LogP) is -0.0805. The third-order valence-corrected chi connectivity index (χ3v) is 2.50. The van der Waals surface area contributed by atoms with Crippen molar-refractivity contribution < 1.29 is 19.1 Å². The summed E-state index contributed by atoms with van der Waals surface area (Å²) in [7, 11) is 3.13. The molecular formula is C14H15N3O4. The van der Waals surface area contributed by atoms with Crippen LogP contribution in [0, 0.1) is 11.3 Å². The van der Waals surface area contributed by atoms with E-state index in [-0.39, 0.29) is 18.0 Å². The minimum atomic E-state index is -0.707. The number of nitriles is 1. The van der Waals surface area contributed by atoms with Crippen molar-refractivity contribution in [3.63, 3.8) is 0 Å². The van der Waals surface area contributed by atoms with Gasteiger partial charge in [0, 0.05) is 14.1 Å². The maximum Gasteiger partial charge on any atom is 0.338 e. The van der Waals surface area contributed by atoms with E-state index in [4.69, 9.17) is 10.00 Å². The van der Waals surface area contributed by atoms with Crippen molar-refractivity contribution in [3.8, 4) is 6.07 Å². The Morgan fingerprint density at radius 2 is 2.05 bits per heavy atom. The van der Waals surface area contributed by atoms with Gasteiger partial charge in [-0.2, -0.15) is 5.26 Å². The molecule has 0 aliphatic rings. The Morgan fingerprint density at radius 3 is 2.67 bits per heavy atom. The number of nitrogens with zero attached hydrogens (tertiary/aromatic N) is 2. The minimum Gasteiger partial charge on any atom is -0.452 e. The number of likely N-dealkylation sites (N-methyl/N-ethyl adjacent to an activating group) is 1. The maximum atomic E-state index is 11.7. The zero-order valence-electron chi connectivity index (χ0n) is 11.8. The standard InChI is InChI=1S/C14H15N3O4/c1-17(2)13(19)8-16-12(18)9-21-14(20)11-5-3-4-10(6-11)7-15/h3-6H,8-9H2,1-2H3,(H,16,18). The number of nitrogens with one attached hydrogen (secondary N) is 1. The molecule has 0 unspecified atom stereocenters. The van der Waals surface area contributed by atoms with Gasteiger partial charge in [-0.1, -0.05) is 6.07 Å². The van der Waals surface area contributed by atoms with Crippen LogP contribution in [0.3, 0.4) is 0 Å². The highest BCUT2D eigenvalue weighted by atomic mass is 16.5. The summed E-state index contributed by atoms with van der Waals surface area (Å²) in [4.78, 5) is 35.7. The largest absolute Gasteiger partial charge is 0.452 e. The molecule has 7 nitrogen and oxygen atoms in total. The number of carbonyl (C=O) groups excluding carboxylic acids is 3. The summed E-state index contributed by atoms with van der Waals surface area (Å²) in [5.74, 6) is -1.55. The first-order valence-corrected chi connectivity index (χ1v) is 6.08. The quantitative estimate of drug-likeness (QED) is 0.764. The lowest BCUT2D eigenvalue weighted by atomic mass is 10.1. The normalized spacial score (nSPS) is 9.38. The SMILES string of the molecule is CN(C)C(=O)CNC(=O)COC(=O)c1cccc(C#N)c1. The van der Waals surface area contributed by atoms with Crippen LogP contribution in [0.2, 0.25) is 0 Å². The molecule has 2 amide bonds. The Morgan fingerprint density at radius 1 is 1.33 bits per heavy atom. The van der Waals surface area contributed by atoms with E-state index in [1.54, 1.807) is 26.2 Å². The summed E-state index contributed by atoms with van der Waals surface area (Å²) < 4.78 is 4.80. The van der Waals surface area contributed by atoms with Crippen molar-refractivity contribution in [2.75, 3.05) is 27.2 Å². The Hall–Kier alpha value is -2.88. The van der Waals surface area contributed by atoms with Crippen molar-refractivity contribution in [1.29, 1.82) is 5.26 Å². The first-order valence-electron chi connectivity index (χ1n) is 6.08. The number of hydrogen-bond acceptors (Lipinski definition) is 5. The number of benzene rings is 1. The van der Waals surface area contributed by atoms with Crippen LogP contribution in [-0.2, 0) is 14.3 Å². The van der Waals surface area contributed by atoms with Crippen molar-refractivity contribution in [3.05, 3.63) is 35.4 Å². The predicted molar refractivity (Wildman–Crippen MR) is 73.1 cm³/mol. The van der Waals surface area contributed by atoms with E-state index in [9.17, 15) is 14.4 Å². The van der Waals surface area contributed by atoms with Gasteiger partial charge in [-0.25, -0.2) is 4.79 Å². The number of carbonyl (C=O) groups is 3. The second-order valence-electron chi connectivity index (χ2n) is 4.33. The molecule has 0 aliphatic carbocycles. The topological polar surface area (TPSA) is 99.5 Å². The van der Waals surface area contributed by atoms with Gasteiger partial charge in [-0.05, 0) is 18.2 Å². The fraction of sp³-hybridized carbons (Fsp3) is 0.286. The van der Waals surface area contributed by atoms with Crippen LogP contribution >= 0.6 is 0 Å². The van der Waals surface area contributed by atoms with E-state index in [1.165, 1.54) is 17.0 Å². The summed E-state index contributed by atoms with van der Waals surface area (Å²) in [5.41, 5.74) is 0.511. The van der Waals surface area contributed by atoms with Crippen LogP contribution in [-0.4, -0.2) is 49.9 Å². The molecule has 1 aromatic rings. The Balaban J connectivity index is 2.44. The van der Waals surface area contributed by atoms with E-state index in [2.05, 4.69) is 5.32 Å². The van der Waals surface area contributed by atoms with E-state index < -0.39 is 18.5 Å². The molecule has 0 bridgehead atoms. The van der Waals surface area contributed by atoms with E-state index in [0.717, 1.165) is 0 Å². The van der Waals surface area contributed by atoms with Crippen molar-refractivity contribution in [1.82, 2.24) is 10.2 Å². The molecule has 0 aliphatic heterocycles. The van der Waals surface area contributed by atoms with E-state index in [1.807, 2.05) is 6.07 Å². The molecule has 21 heavy (non-hydrogen) atoms. The monoisotopic (exact) mass is 289 g/mol. The van der Waals surface area contributed by atoms with Gasteiger partial charge in [0.2, 0.25) is 5.91 Å². The number of ether oxygens (including phenoxy) is 1. The lowest BCUT2D eigenvalue weighted by Crippen LogP contribution is -2.38. The van der Waals surface area contributed by atoms with Gasteiger partial charge in [0.1, 0.15) is 0 Å². The molecule has 0 radical (unpaired) electrons. The minimum absolute atomic E-state index is 0.159. The van der Waals surface area contributed by atoms with Gasteiger partial charge >= 0.3 is 5.97 Å². The van der Waals surface area contributed by atoms with Crippen molar-refractivity contribution in [2.24, 2.45) is 0 Å².